The van der Waals surface area contributed by atoms with Crippen LogP contribution in [0.1, 0.15) is 53.5 Å². The topological polar surface area (TPSA) is 83.1 Å². The molecule has 4 aromatic rings. The van der Waals surface area contributed by atoms with Gasteiger partial charge in [0.2, 0.25) is 17.1 Å². The summed E-state index contributed by atoms with van der Waals surface area (Å²) < 4.78 is 22.6. The number of carbonyl (C=O) groups is 1. The molecule has 43 heavy (non-hydrogen) atoms. The standard InChI is InChI=1S/C36H35NO6/c1-40-31-17-14-27-28(20-30(31)38)29(16-13-21-19-32(41-2)35(42-3)36(43-4)34(21)27)37-33(39)18-15-26-24-11-7-5-9-22(24)23-10-6-8-12-25(23)26/h5-12,14,17,19-20,26,29H,13,15-16,18H2,1-4H3,(H,37,39). The predicted molar refractivity (Wildman–Crippen MR) is 167 cm³/mol. The fourth-order valence-corrected chi connectivity index (χ4v) is 6.73. The van der Waals surface area contributed by atoms with Gasteiger partial charge in [0.1, 0.15) is 0 Å². The number of carbonyl (C=O) groups excluding carboxylic acids is 1. The number of benzene rings is 3. The molecule has 6 rings (SSSR count). The summed E-state index contributed by atoms with van der Waals surface area (Å²) >= 11 is 0. The number of ether oxygens (including phenoxy) is 4. The molecule has 220 valence electrons. The van der Waals surface area contributed by atoms with Gasteiger partial charge < -0.3 is 24.3 Å². The Balaban J connectivity index is 1.35. The van der Waals surface area contributed by atoms with E-state index in [1.165, 1.54) is 29.4 Å². The molecule has 0 bridgehead atoms. The summed E-state index contributed by atoms with van der Waals surface area (Å²) in [4.78, 5) is 26.8. The van der Waals surface area contributed by atoms with Crippen molar-refractivity contribution in [1.82, 2.24) is 5.32 Å². The minimum atomic E-state index is -0.399. The zero-order valence-corrected chi connectivity index (χ0v) is 24.9. The number of hydrogen-bond acceptors (Lipinski definition) is 6. The molecule has 0 aromatic heterocycles. The minimum Gasteiger partial charge on any atom is -0.493 e. The van der Waals surface area contributed by atoms with Crippen LogP contribution < -0.4 is 29.7 Å². The summed E-state index contributed by atoms with van der Waals surface area (Å²) in [6.07, 6.45) is 2.25. The molecule has 1 amide bonds. The number of amides is 1. The maximum Gasteiger partial charge on any atom is 0.220 e. The third kappa shape index (κ3) is 4.99. The van der Waals surface area contributed by atoms with Crippen molar-refractivity contribution in [1.29, 1.82) is 0 Å². The highest BCUT2D eigenvalue weighted by Gasteiger charge is 2.31. The lowest BCUT2D eigenvalue weighted by Crippen LogP contribution is -2.29. The summed E-state index contributed by atoms with van der Waals surface area (Å²) in [5.41, 5.74) is 8.01. The maximum atomic E-state index is 13.6. The molecule has 0 heterocycles. The van der Waals surface area contributed by atoms with Crippen LogP contribution in [0.15, 0.2) is 77.6 Å². The first-order chi connectivity index (χ1) is 21.0. The first-order valence-electron chi connectivity index (χ1n) is 14.5. The predicted octanol–water partition coefficient (Wildman–Crippen LogP) is 6.44. The lowest BCUT2D eigenvalue weighted by molar-refractivity contribution is -0.122. The molecule has 2 aliphatic rings. The Labute approximate surface area is 251 Å². The quantitative estimate of drug-likeness (QED) is 0.259. The van der Waals surface area contributed by atoms with Gasteiger partial charge in [-0.05, 0) is 76.4 Å². The van der Waals surface area contributed by atoms with E-state index >= 15 is 0 Å². The van der Waals surface area contributed by atoms with Crippen molar-refractivity contribution in [3.63, 3.8) is 0 Å². The van der Waals surface area contributed by atoms with Crippen LogP contribution in [0.2, 0.25) is 0 Å². The van der Waals surface area contributed by atoms with Gasteiger partial charge in [0, 0.05) is 17.9 Å². The van der Waals surface area contributed by atoms with Crippen molar-refractivity contribution in [3.8, 4) is 45.3 Å². The molecule has 0 spiro atoms. The third-order valence-corrected chi connectivity index (χ3v) is 8.68. The van der Waals surface area contributed by atoms with Gasteiger partial charge in [-0.25, -0.2) is 0 Å². The second-order valence-electron chi connectivity index (χ2n) is 10.9. The summed E-state index contributed by atoms with van der Waals surface area (Å²) in [6, 6.07) is 23.5. The van der Waals surface area contributed by atoms with Crippen molar-refractivity contribution < 1.29 is 23.7 Å². The van der Waals surface area contributed by atoms with E-state index in [4.69, 9.17) is 18.9 Å². The minimum absolute atomic E-state index is 0.0585. The van der Waals surface area contributed by atoms with E-state index < -0.39 is 6.04 Å². The van der Waals surface area contributed by atoms with Gasteiger partial charge in [-0.15, -0.1) is 0 Å². The van der Waals surface area contributed by atoms with Crippen molar-refractivity contribution >= 4 is 5.91 Å². The van der Waals surface area contributed by atoms with Gasteiger partial charge >= 0.3 is 0 Å². The summed E-state index contributed by atoms with van der Waals surface area (Å²) in [6.45, 7) is 0. The fraction of sp³-hybridized carbons (Fsp3) is 0.278. The Morgan fingerprint density at radius 1 is 0.744 bits per heavy atom. The number of rotatable bonds is 8. The molecule has 7 heteroatoms. The lowest BCUT2D eigenvalue weighted by atomic mass is 9.92. The molecular weight excluding hydrogens is 542 g/mol. The monoisotopic (exact) mass is 577 g/mol. The Morgan fingerprint density at radius 3 is 2.02 bits per heavy atom. The average Bonchev–Trinajstić information content (AvgIpc) is 3.15. The molecule has 0 saturated carbocycles. The number of fused-ring (bicyclic) bond motifs is 6. The summed E-state index contributed by atoms with van der Waals surface area (Å²) in [7, 11) is 6.22. The summed E-state index contributed by atoms with van der Waals surface area (Å²) in [5.74, 6) is 1.86. The highest BCUT2D eigenvalue weighted by Crippen LogP contribution is 2.50. The van der Waals surface area contributed by atoms with Gasteiger partial charge in [-0.3, -0.25) is 9.59 Å². The largest absolute Gasteiger partial charge is 0.493 e. The van der Waals surface area contributed by atoms with Crippen molar-refractivity contribution in [2.45, 2.75) is 37.6 Å². The van der Waals surface area contributed by atoms with E-state index in [9.17, 15) is 9.59 Å². The van der Waals surface area contributed by atoms with Gasteiger partial charge in [0.25, 0.3) is 0 Å². The molecule has 0 fully saturated rings. The van der Waals surface area contributed by atoms with Gasteiger partial charge in [0.05, 0.1) is 34.5 Å². The SMILES string of the molecule is COc1cc2c(c(OC)c1OC)-c1ccc(OC)c(=O)cc1C(NC(=O)CCC1c3ccccc3-c3ccccc31)CC2. The lowest BCUT2D eigenvalue weighted by Gasteiger charge is -2.20. The molecule has 2 aliphatic carbocycles. The van der Waals surface area contributed by atoms with E-state index in [0.717, 1.165) is 16.7 Å². The van der Waals surface area contributed by atoms with Crippen molar-refractivity contribution in [2.24, 2.45) is 0 Å². The number of nitrogens with one attached hydrogen (secondary N) is 1. The highest BCUT2D eigenvalue weighted by molar-refractivity contribution is 5.84. The van der Waals surface area contributed by atoms with E-state index in [2.05, 4.69) is 53.8 Å². The van der Waals surface area contributed by atoms with Gasteiger partial charge in [0.15, 0.2) is 17.2 Å². The molecule has 1 unspecified atom stereocenters. The van der Waals surface area contributed by atoms with Crippen molar-refractivity contribution in [2.75, 3.05) is 28.4 Å². The highest BCUT2D eigenvalue weighted by atomic mass is 16.5. The molecule has 0 saturated heterocycles. The molecule has 7 nitrogen and oxygen atoms in total. The zero-order valence-electron chi connectivity index (χ0n) is 24.9. The van der Waals surface area contributed by atoms with Crippen LogP contribution in [0.4, 0.5) is 0 Å². The number of methoxy groups -OCH3 is 4. The third-order valence-electron chi connectivity index (χ3n) is 8.68. The Hall–Kier alpha value is -4.78. The molecular formula is C36H35NO6. The first-order valence-corrected chi connectivity index (χ1v) is 14.5. The van der Waals surface area contributed by atoms with Crippen molar-refractivity contribution in [3.05, 3.63) is 105 Å². The van der Waals surface area contributed by atoms with Crippen LogP contribution in [-0.4, -0.2) is 34.3 Å². The number of aryl methyl sites for hydroxylation is 1. The van der Waals surface area contributed by atoms with Crippen LogP contribution >= 0.6 is 0 Å². The summed E-state index contributed by atoms with van der Waals surface area (Å²) in [5, 5.41) is 3.27. The molecule has 1 N–H and O–H groups in total. The van der Waals surface area contributed by atoms with Crippen LogP contribution in [-0.2, 0) is 11.2 Å². The van der Waals surface area contributed by atoms with Crippen LogP contribution in [0.25, 0.3) is 22.3 Å². The van der Waals surface area contributed by atoms with E-state index in [0.29, 0.717) is 48.5 Å². The molecule has 0 aliphatic heterocycles. The second-order valence-corrected chi connectivity index (χ2v) is 10.9. The second kappa shape index (κ2) is 11.8. The van der Waals surface area contributed by atoms with Gasteiger partial charge in [-0.2, -0.15) is 0 Å². The smallest absolute Gasteiger partial charge is 0.220 e. The van der Waals surface area contributed by atoms with E-state index in [1.807, 2.05) is 12.1 Å². The Bertz CT molecular complexity index is 1720. The van der Waals surface area contributed by atoms with Crippen LogP contribution in [0.3, 0.4) is 0 Å². The van der Waals surface area contributed by atoms with Crippen LogP contribution in [0.5, 0.6) is 23.0 Å². The Morgan fingerprint density at radius 2 is 1.40 bits per heavy atom. The van der Waals surface area contributed by atoms with Gasteiger partial charge in [-0.1, -0.05) is 54.6 Å². The first kappa shape index (κ1) is 28.3. The normalized spacial score (nSPS) is 14.8. The molecule has 0 radical (unpaired) electrons. The van der Waals surface area contributed by atoms with E-state index in [1.54, 1.807) is 33.5 Å². The average molecular weight is 578 g/mol. The van der Waals surface area contributed by atoms with Crippen LogP contribution in [0, 0.1) is 0 Å². The molecule has 1 atom stereocenters. The Kier molecular flexibility index (Phi) is 7.80. The van der Waals surface area contributed by atoms with E-state index in [-0.39, 0.29) is 23.0 Å². The maximum absolute atomic E-state index is 13.6. The number of hydrogen-bond donors (Lipinski definition) is 1. The molecule has 4 aromatic carbocycles. The zero-order chi connectivity index (χ0) is 30.1. The fourth-order valence-electron chi connectivity index (χ4n) is 6.73.